The Labute approximate surface area is 310 Å². The van der Waals surface area contributed by atoms with Gasteiger partial charge in [0, 0.05) is 38.7 Å². The van der Waals surface area contributed by atoms with Gasteiger partial charge >= 0.3 is 0 Å². The molecule has 0 saturated carbocycles. The maximum Gasteiger partial charge on any atom is 0.143 e. The van der Waals surface area contributed by atoms with E-state index >= 15 is 0 Å². The molecule has 0 aliphatic heterocycles. The monoisotopic (exact) mass is 679 g/mol. The van der Waals surface area contributed by atoms with Gasteiger partial charge in [-0.05, 0) is 87.0 Å². The number of hydrogen-bond donors (Lipinski definition) is 0. The van der Waals surface area contributed by atoms with Gasteiger partial charge < -0.3 is 9.32 Å². The summed E-state index contributed by atoms with van der Waals surface area (Å²) in [5, 5.41) is 2.24. The standard InChI is InChI=1S/C51H37NO/c1-51(2)46-22-11-9-18-40(46)41-30-29-39(33-47(41)51)52(38-27-24-36(25-28-38)34-14-5-3-6-15-34)48-31-26-37(35-16-7-4-8-17-35)32-45(48)44-21-13-20-43-42-19-10-12-23-49(42)53-50(43)44/h3-33H,1-2H3. The minimum Gasteiger partial charge on any atom is -0.455 e. The summed E-state index contributed by atoms with van der Waals surface area (Å²) in [7, 11) is 0. The third kappa shape index (κ3) is 5.10. The van der Waals surface area contributed by atoms with Crippen LogP contribution in [0.1, 0.15) is 25.0 Å². The molecule has 0 fully saturated rings. The Morgan fingerprint density at radius 2 is 0.981 bits per heavy atom. The SMILES string of the molecule is CC1(C)c2ccccc2-c2ccc(N(c3ccc(-c4ccccc4)cc3)c3ccc(-c4ccccc4)cc3-c3cccc4c3oc3ccccc34)cc21. The molecule has 9 aromatic rings. The van der Waals surface area contributed by atoms with E-state index in [1.54, 1.807) is 0 Å². The number of hydrogen-bond acceptors (Lipinski definition) is 2. The van der Waals surface area contributed by atoms with Crippen molar-refractivity contribution in [2.45, 2.75) is 19.3 Å². The van der Waals surface area contributed by atoms with Crippen molar-refractivity contribution < 1.29 is 4.42 Å². The Morgan fingerprint density at radius 3 is 1.77 bits per heavy atom. The van der Waals surface area contributed by atoms with Crippen molar-refractivity contribution in [2.75, 3.05) is 4.90 Å². The summed E-state index contributed by atoms with van der Waals surface area (Å²) in [6.07, 6.45) is 0. The Kier molecular flexibility index (Phi) is 7.19. The molecule has 10 rings (SSSR count). The molecule has 0 spiro atoms. The van der Waals surface area contributed by atoms with Gasteiger partial charge in [-0.2, -0.15) is 0 Å². The molecule has 1 heterocycles. The Bertz CT molecular complexity index is 2790. The quantitative estimate of drug-likeness (QED) is 0.174. The van der Waals surface area contributed by atoms with Crippen molar-refractivity contribution in [3.63, 3.8) is 0 Å². The van der Waals surface area contributed by atoms with Gasteiger partial charge in [-0.25, -0.2) is 0 Å². The minimum absolute atomic E-state index is 0.134. The predicted molar refractivity (Wildman–Crippen MR) is 222 cm³/mol. The van der Waals surface area contributed by atoms with Crippen LogP contribution < -0.4 is 4.90 Å². The van der Waals surface area contributed by atoms with Crippen molar-refractivity contribution in [3.8, 4) is 44.5 Å². The number of benzene rings is 8. The van der Waals surface area contributed by atoms with Gasteiger partial charge in [-0.15, -0.1) is 0 Å². The van der Waals surface area contributed by atoms with Crippen molar-refractivity contribution in [3.05, 3.63) is 199 Å². The molecular formula is C51H37NO. The zero-order valence-electron chi connectivity index (χ0n) is 29.8. The number of anilines is 3. The molecule has 2 nitrogen and oxygen atoms in total. The maximum absolute atomic E-state index is 6.70. The van der Waals surface area contributed by atoms with E-state index in [1.165, 1.54) is 38.9 Å². The highest BCUT2D eigenvalue weighted by atomic mass is 16.3. The topological polar surface area (TPSA) is 16.4 Å². The Balaban J connectivity index is 1.23. The molecule has 0 bridgehead atoms. The molecule has 1 aliphatic rings. The molecule has 0 unspecified atom stereocenters. The largest absolute Gasteiger partial charge is 0.455 e. The van der Waals surface area contributed by atoms with E-state index in [-0.39, 0.29) is 5.41 Å². The summed E-state index contributed by atoms with van der Waals surface area (Å²) in [6.45, 7) is 4.70. The third-order valence-corrected chi connectivity index (χ3v) is 11.1. The summed E-state index contributed by atoms with van der Waals surface area (Å²) in [5.41, 5.74) is 17.2. The first-order valence-corrected chi connectivity index (χ1v) is 18.3. The van der Waals surface area contributed by atoms with Crippen LogP contribution in [0.4, 0.5) is 17.1 Å². The molecule has 1 aliphatic carbocycles. The first-order chi connectivity index (χ1) is 26.0. The van der Waals surface area contributed by atoms with Crippen LogP contribution in [0.5, 0.6) is 0 Å². The van der Waals surface area contributed by atoms with Crippen molar-refractivity contribution in [1.82, 2.24) is 0 Å². The van der Waals surface area contributed by atoms with E-state index < -0.39 is 0 Å². The molecule has 0 atom stereocenters. The van der Waals surface area contributed by atoms with E-state index in [0.717, 1.165) is 55.7 Å². The molecule has 0 N–H and O–H groups in total. The fourth-order valence-electron chi connectivity index (χ4n) is 8.41. The maximum atomic E-state index is 6.70. The predicted octanol–water partition coefficient (Wildman–Crippen LogP) is 14.4. The highest BCUT2D eigenvalue weighted by Crippen LogP contribution is 2.52. The van der Waals surface area contributed by atoms with Crippen LogP contribution in [0.2, 0.25) is 0 Å². The molecule has 1 aromatic heterocycles. The normalized spacial score (nSPS) is 12.9. The fourth-order valence-corrected chi connectivity index (χ4v) is 8.41. The summed E-state index contributed by atoms with van der Waals surface area (Å²) < 4.78 is 6.70. The second kappa shape index (κ2) is 12.3. The Hall–Kier alpha value is -6.64. The molecule has 252 valence electrons. The van der Waals surface area contributed by atoms with Crippen LogP contribution in [0, 0.1) is 0 Å². The van der Waals surface area contributed by atoms with Gasteiger partial charge in [0.05, 0.1) is 5.69 Å². The van der Waals surface area contributed by atoms with E-state index in [4.69, 9.17) is 4.42 Å². The van der Waals surface area contributed by atoms with Crippen molar-refractivity contribution in [2.24, 2.45) is 0 Å². The van der Waals surface area contributed by atoms with Gasteiger partial charge in [0.2, 0.25) is 0 Å². The van der Waals surface area contributed by atoms with Crippen LogP contribution in [0.25, 0.3) is 66.4 Å². The van der Waals surface area contributed by atoms with Gasteiger partial charge in [0.25, 0.3) is 0 Å². The zero-order chi connectivity index (χ0) is 35.5. The van der Waals surface area contributed by atoms with Crippen LogP contribution >= 0.6 is 0 Å². The zero-order valence-corrected chi connectivity index (χ0v) is 29.8. The first kappa shape index (κ1) is 31.1. The van der Waals surface area contributed by atoms with E-state index in [1.807, 2.05) is 6.07 Å². The average molecular weight is 680 g/mol. The third-order valence-electron chi connectivity index (χ3n) is 11.1. The molecule has 0 saturated heterocycles. The lowest BCUT2D eigenvalue weighted by Gasteiger charge is -2.30. The smallest absolute Gasteiger partial charge is 0.143 e. The summed E-state index contributed by atoms with van der Waals surface area (Å²) in [6, 6.07) is 67.9. The number of para-hydroxylation sites is 2. The molecular weight excluding hydrogens is 643 g/mol. The summed E-state index contributed by atoms with van der Waals surface area (Å²) in [4.78, 5) is 2.43. The van der Waals surface area contributed by atoms with E-state index in [0.29, 0.717) is 0 Å². The van der Waals surface area contributed by atoms with Crippen LogP contribution in [-0.4, -0.2) is 0 Å². The molecule has 8 aromatic carbocycles. The molecule has 0 amide bonds. The molecule has 2 heteroatoms. The average Bonchev–Trinajstić information content (AvgIpc) is 3.71. The Morgan fingerprint density at radius 1 is 0.396 bits per heavy atom. The van der Waals surface area contributed by atoms with Gasteiger partial charge in [-0.3, -0.25) is 0 Å². The van der Waals surface area contributed by atoms with Crippen molar-refractivity contribution >= 4 is 39.0 Å². The second-order valence-corrected chi connectivity index (χ2v) is 14.5. The lowest BCUT2D eigenvalue weighted by Crippen LogP contribution is -2.17. The van der Waals surface area contributed by atoms with Crippen LogP contribution in [0.3, 0.4) is 0 Å². The van der Waals surface area contributed by atoms with Gasteiger partial charge in [0.15, 0.2) is 0 Å². The summed E-state index contributed by atoms with van der Waals surface area (Å²) in [5.74, 6) is 0. The fraction of sp³-hybridized carbons (Fsp3) is 0.0588. The molecule has 53 heavy (non-hydrogen) atoms. The van der Waals surface area contributed by atoms with Crippen LogP contribution in [-0.2, 0) is 5.41 Å². The number of rotatable bonds is 6. The number of fused-ring (bicyclic) bond motifs is 6. The number of nitrogens with zero attached hydrogens (tertiary/aromatic N) is 1. The lowest BCUT2D eigenvalue weighted by molar-refractivity contribution is 0.660. The minimum atomic E-state index is -0.134. The first-order valence-electron chi connectivity index (χ1n) is 18.3. The van der Waals surface area contributed by atoms with Gasteiger partial charge in [-0.1, -0.05) is 159 Å². The highest BCUT2D eigenvalue weighted by Gasteiger charge is 2.36. The molecule has 0 radical (unpaired) electrons. The highest BCUT2D eigenvalue weighted by molar-refractivity contribution is 6.11. The lowest BCUT2D eigenvalue weighted by atomic mass is 9.82. The van der Waals surface area contributed by atoms with Gasteiger partial charge in [0.1, 0.15) is 11.2 Å². The van der Waals surface area contributed by atoms with E-state index in [2.05, 4.69) is 201 Å². The van der Waals surface area contributed by atoms with E-state index in [9.17, 15) is 0 Å². The number of furan rings is 1. The second-order valence-electron chi connectivity index (χ2n) is 14.5. The van der Waals surface area contributed by atoms with Crippen molar-refractivity contribution in [1.29, 1.82) is 0 Å². The summed E-state index contributed by atoms with van der Waals surface area (Å²) >= 11 is 0. The van der Waals surface area contributed by atoms with Crippen LogP contribution in [0.15, 0.2) is 192 Å².